The summed E-state index contributed by atoms with van der Waals surface area (Å²) in [5.41, 5.74) is 5.42. The first-order valence-electron chi connectivity index (χ1n) is 12.6. The van der Waals surface area contributed by atoms with E-state index in [1.54, 1.807) is 30.3 Å². The van der Waals surface area contributed by atoms with Gasteiger partial charge in [-0.3, -0.25) is 30.0 Å². The van der Waals surface area contributed by atoms with Crippen LogP contribution in [0, 0.1) is 13.8 Å². The molecule has 0 atom stereocenters. The summed E-state index contributed by atoms with van der Waals surface area (Å²) in [6.07, 6.45) is 0. The Bertz CT molecular complexity index is 1840. The van der Waals surface area contributed by atoms with Crippen LogP contribution in [0.2, 0.25) is 10.0 Å². The predicted molar refractivity (Wildman–Crippen MR) is 158 cm³/mol. The number of aromatic amines is 4. The lowest BCUT2D eigenvalue weighted by Gasteiger charge is -2.15. The lowest BCUT2D eigenvalue weighted by molar-refractivity contribution is 0.515. The predicted octanol–water partition coefficient (Wildman–Crippen LogP) is 7.42. The Morgan fingerprint density at radius 2 is 1.18 bits per heavy atom. The van der Waals surface area contributed by atoms with E-state index >= 15 is 0 Å². The molecule has 0 fully saturated rings. The van der Waals surface area contributed by atoms with Crippen molar-refractivity contribution in [3.8, 4) is 33.8 Å². The van der Waals surface area contributed by atoms with Gasteiger partial charge in [-0.1, -0.05) is 88.9 Å². The Morgan fingerprint density at radius 1 is 0.650 bits per heavy atom. The van der Waals surface area contributed by atoms with Gasteiger partial charge < -0.3 is 4.42 Å². The van der Waals surface area contributed by atoms with E-state index < -0.39 is 5.92 Å². The van der Waals surface area contributed by atoms with Gasteiger partial charge in [-0.05, 0) is 49.2 Å². The Balaban J connectivity index is 1.61. The van der Waals surface area contributed by atoms with Crippen LogP contribution in [0.5, 0.6) is 0 Å². The Hall–Kier alpha value is -4.46. The summed E-state index contributed by atoms with van der Waals surface area (Å²) >= 11 is 12.8. The fourth-order valence-electron chi connectivity index (χ4n) is 4.96. The monoisotopic (exact) mass is 570 g/mol. The zero-order valence-electron chi connectivity index (χ0n) is 21.6. The maximum absolute atomic E-state index is 13.5. The highest BCUT2D eigenvalue weighted by atomic mass is 35.5. The summed E-state index contributed by atoms with van der Waals surface area (Å²) in [6, 6.07) is 24.4. The molecule has 0 saturated heterocycles. The fraction of sp³-hybridized carbons (Fsp3) is 0.0968. The second-order valence-corrected chi connectivity index (χ2v) is 10.5. The van der Waals surface area contributed by atoms with Crippen LogP contribution in [0.15, 0.2) is 92.9 Å². The van der Waals surface area contributed by atoms with E-state index in [4.69, 9.17) is 27.6 Å². The Labute approximate surface area is 238 Å². The van der Waals surface area contributed by atoms with Crippen molar-refractivity contribution in [3.05, 3.63) is 138 Å². The highest BCUT2D eigenvalue weighted by Gasteiger charge is 2.33. The molecule has 0 aliphatic heterocycles. The number of hydrogen-bond donors (Lipinski definition) is 4. The minimum atomic E-state index is -0.871. The third kappa shape index (κ3) is 4.53. The minimum Gasteiger partial charge on any atom is -0.460 e. The number of H-pyrrole nitrogens is 4. The number of benzene rings is 3. The van der Waals surface area contributed by atoms with E-state index in [0.717, 1.165) is 22.3 Å². The molecule has 0 unspecified atom stereocenters. The average Bonchev–Trinajstić information content (AvgIpc) is 3.68. The molecule has 40 heavy (non-hydrogen) atoms. The molecule has 3 aromatic heterocycles. The number of rotatable bonds is 6. The molecule has 3 aromatic carbocycles. The van der Waals surface area contributed by atoms with E-state index in [1.807, 2.05) is 62.4 Å². The quantitative estimate of drug-likeness (QED) is 0.167. The van der Waals surface area contributed by atoms with Crippen molar-refractivity contribution in [1.29, 1.82) is 0 Å². The van der Waals surface area contributed by atoms with Gasteiger partial charge in [0.05, 0.1) is 38.5 Å². The lowest BCUT2D eigenvalue weighted by Crippen LogP contribution is -2.19. The lowest BCUT2D eigenvalue weighted by atomic mass is 9.86. The molecule has 0 bridgehead atoms. The topological polar surface area (TPSA) is 110 Å². The molecule has 0 amide bonds. The summed E-state index contributed by atoms with van der Waals surface area (Å²) in [5, 5.41) is 12.2. The highest BCUT2D eigenvalue weighted by Crippen LogP contribution is 2.41. The number of furan rings is 1. The smallest absolute Gasteiger partial charge is 0.268 e. The highest BCUT2D eigenvalue weighted by molar-refractivity contribution is 6.43. The molecule has 200 valence electrons. The number of halogens is 2. The van der Waals surface area contributed by atoms with Crippen LogP contribution in [0.4, 0.5) is 0 Å². The van der Waals surface area contributed by atoms with Gasteiger partial charge in [0, 0.05) is 5.56 Å². The number of nitrogens with one attached hydrogen (secondary N) is 4. The van der Waals surface area contributed by atoms with Gasteiger partial charge >= 0.3 is 0 Å². The molecule has 0 aliphatic carbocycles. The zero-order valence-corrected chi connectivity index (χ0v) is 23.1. The van der Waals surface area contributed by atoms with E-state index in [-0.39, 0.29) is 11.1 Å². The molecule has 3 heterocycles. The van der Waals surface area contributed by atoms with Crippen LogP contribution in [-0.4, -0.2) is 20.4 Å². The SMILES string of the molecule is Cc1ccc(-c2[nH][nH]c(=O)c2C(c2ccc(-c3cccc(Cl)c3Cl)o2)c2c(-c3ccc(C)cc3)[nH][nH]c2=O)cc1. The Morgan fingerprint density at radius 3 is 1.70 bits per heavy atom. The third-order valence-corrected chi connectivity index (χ3v) is 7.84. The zero-order chi connectivity index (χ0) is 28.0. The van der Waals surface area contributed by atoms with E-state index in [2.05, 4.69) is 20.4 Å². The first kappa shape index (κ1) is 25.8. The summed E-state index contributed by atoms with van der Waals surface area (Å²) in [7, 11) is 0. The third-order valence-electron chi connectivity index (χ3n) is 7.02. The van der Waals surface area contributed by atoms with Crippen LogP contribution in [0.25, 0.3) is 33.8 Å². The van der Waals surface area contributed by atoms with E-state index in [0.29, 0.717) is 49.6 Å². The molecule has 0 radical (unpaired) electrons. The normalized spacial score (nSPS) is 11.4. The number of aromatic nitrogens is 4. The molecular formula is C31H24Cl2N4O3. The molecule has 0 aliphatic rings. The van der Waals surface area contributed by atoms with Gasteiger partial charge in [0.15, 0.2) is 0 Å². The van der Waals surface area contributed by atoms with Gasteiger partial charge in [0.1, 0.15) is 11.5 Å². The largest absolute Gasteiger partial charge is 0.460 e. The van der Waals surface area contributed by atoms with Crippen LogP contribution in [0.1, 0.15) is 33.9 Å². The standard InChI is InChI=1S/C31H24Cl2N4O3/c1-16-6-10-18(11-7-16)28-25(30(38)36-34-28)24(23-15-14-22(40-23)20-4-3-5-21(32)27(20)33)26-29(35-37-31(26)39)19-12-8-17(2)9-13-19/h3-15,24H,1-2H3,(H2,34,36,38)(H2,35,37,39). The van der Waals surface area contributed by atoms with Crippen molar-refractivity contribution in [3.63, 3.8) is 0 Å². The molecule has 7 nitrogen and oxygen atoms in total. The summed E-state index contributed by atoms with van der Waals surface area (Å²) in [5.74, 6) is -0.0209. The Kier molecular flexibility index (Phi) is 6.62. The van der Waals surface area contributed by atoms with Gasteiger partial charge in [-0.2, -0.15) is 0 Å². The molecule has 4 N–H and O–H groups in total. The van der Waals surface area contributed by atoms with Crippen molar-refractivity contribution in [2.75, 3.05) is 0 Å². The molecule has 9 heteroatoms. The molecule has 6 aromatic rings. The molecular weight excluding hydrogens is 547 g/mol. The van der Waals surface area contributed by atoms with E-state index in [1.165, 1.54) is 0 Å². The van der Waals surface area contributed by atoms with E-state index in [9.17, 15) is 9.59 Å². The summed E-state index contributed by atoms with van der Waals surface area (Å²) < 4.78 is 6.37. The number of aryl methyl sites for hydroxylation is 2. The van der Waals surface area contributed by atoms with Gasteiger partial charge in [0.25, 0.3) is 11.1 Å². The first-order valence-corrected chi connectivity index (χ1v) is 13.4. The van der Waals surface area contributed by atoms with Gasteiger partial charge in [0.2, 0.25) is 0 Å². The van der Waals surface area contributed by atoms with Crippen molar-refractivity contribution in [2.24, 2.45) is 0 Å². The summed E-state index contributed by atoms with van der Waals surface area (Å²) in [4.78, 5) is 27.0. The summed E-state index contributed by atoms with van der Waals surface area (Å²) in [6.45, 7) is 3.98. The van der Waals surface area contributed by atoms with Gasteiger partial charge in [-0.15, -0.1) is 0 Å². The average molecular weight is 571 g/mol. The van der Waals surface area contributed by atoms with Gasteiger partial charge in [-0.25, -0.2) is 0 Å². The second kappa shape index (κ2) is 10.3. The van der Waals surface area contributed by atoms with Crippen LogP contribution >= 0.6 is 23.2 Å². The van der Waals surface area contributed by atoms with Crippen molar-refractivity contribution < 1.29 is 4.42 Å². The van der Waals surface area contributed by atoms with Crippen molar-refractivity contribution in [2.45, 2.75) is 19.8 Å². The molecule has 6 rings (SSSR count). The first-order chi connectivity index (χ1) is 19.3. The van der Waals surface area contributed by atoms with Crippen molar-refractivity contribution in [1.82, 2.24) is 20.4 Å². The minimum absolute atomic E-state index is 0.348. The second-order valence-electron chi connectivity index (χ2n) is 9.70. The maximum atomic E-state index is 13.5. The van der Waals surface area contributed by atoms with Crippen molar-refractivity contribution >= 4 is 23.2 Å². The van der Waals surface area contributed by atoms with Crippen LogP contribution in [0.3, 0.4) is 0 Å². The van der Waals surface area contributed by atoms with Crippen LogP contribution < -0.4 is 11.1 Å². The van der Waals surface area contributed by atoms with Crippen LogP contribution in [-0.2, 0) is 0 Å². The molecule has 0 saturated carbocycles. The number of hydrogen-bond acceptors (Lipinski definition) is 3. The maximum Gasteiger partial charge on any atom is 0.268 e. The molecule has 0 spiro atoms. The fourth-order valence-corrected chi connectivity index (χ4v) is 5.35.